The number of aliphatic hydroxyl groups is 1. The summed E-state index contributed by atoms with van der Waals surface area (Å²) in [5.41, 5.74) is 0.443. The fourth-order valence-corrected chi connectivity index (χ4v) is 3.66. The molecule has 118 valence electrons. The number of aryl methyl sites for hydroxylation is 1. The van der Waals surface area contributed by atoms with Gasteiger partial charge in [-0.2, -0.15) is 0 Å². The molecule has 3 atom stereocenters. The Morgan fingerprint density at radius 3 is 2.76 bits per heavy atom. The van der Waals surface area contributed by atoms with Gasteiger partial charge in [0.05, 0.1) is 18.4 Å². The molecule has 3 heteroatoms. The van der Waals surface area contributed by atoms with Crippen LogP contribution in [-0.2, 0) is 0 Å². The van der Waals surface area contributed by atoms with Crippen LogP contribution in [0.1, 0.15) is 58.1 Å². The van der Waals surface area contributed by atoms with Crippen LogP contribution in [0.5, 0.6) is 5.75 Å². The number of nitrogens with zero attached hydrogens (tertiary/aromatic N) is 1. The number of hydrogen-bond acceptors (Lipinski definition) is 3. The van der Waals surface area contributed by atoms with Crippen LogP contribution in [0.4, 0.5) is 0 Å². The van der Waals surface area contributed by atoms with E-state index in [9.17, 15) is 5.11 Å². The second-order valence-corrected chi connectivity index (χ2v) is 6.70. The predicted molar refractivity (Wildman–Crippen MR) is 85.4 cm³/mol. The molecule has 1 aliphatic carbocycles. The van der Waals surface area contributed by atoms with E-state index in [0.29, 0.717) is 18.4 Å². The van der Waals surface area contributed by atoms with Crippen LogP contribution in [-0.4, -0.2) is 22.3 Å². The zero-order chi connectivity index (χ0) is 15.3. The van der Waals surface area contributed by atoms with E-state index in [-0.39, 0.29) is 0 Å². The molecule has 2 rings (SSSR count). The first-order chi connectivity index (χ1) is 10.0. The molecular weight excluding hydrogens is 262 g/mol. The molecule has 1 aromatic rings. The Balaban J connectivity index is 1.97. The Morgan fingerprint density at radius 1 is 1.33 bits per heavy atom. The zero-order valence-electron chi connectivity index (χ0n) is 13.6. The van der Waals surface area contributed by atoms with Crippen molar-refractivity contribution in [2.75, 3.05) is 6.61 Å². The summed E-state index contributed by atoms with van der Waals surface area (Å²) in [6, 6.07) is 3.95. The molecule has 1 fully saturated rings. The number of aromatic nitrogens is 1. The highest BCUT2D eigenvalue weighted by Gasteiger charge is 2.38. The van der Waals surface area contributed by atoms with Gasteiger partial charge >= 0.3 is 0 Å². The minimum absolute atomic E-state index is 0.351. The van der Waals surface area contributed by atoms with Gasteiger partial charge in [0.1, 0.15) is 5.75 Å². The van der Waals surface area contributed by atoms with E-state index in [0.717, 1.165) is 37.1 Å². The molecule has 21 heavy (non-hydrogen) atoms. The lowest BCUT2D eigenvalue weighted by molar-refractivity contribution is -0.0578. The van der Waals surface area contributed by atoms with Crippen molar-refractivity contribution < 1.29 is 9.84 Å². The summed E-state index contributed by atoms with van der Waals surface area (Å²) in [6.07, 6.45) is 8.44. The van der Waals surface area contributed by atoms with E-state index < -0.39 is 5.60 Å². The van der Waals surface area contributed by atoms with Crippen molar-refractivity contribution in [3.8, 4) is 5.75 Å². The molecule has 0 aliphatic heterocycles. The van der Waals surface area contributed by atoms with Gasteiger partial charge in [0.25, 0.3) is 0 Å². The van der Waals surface area contributed by atoms with Gasteiger partial charge in [0.15, 0.2) is 0 Å². The molecule has 1 N–H and O–H groups in total. The topological polar surface area (TPSA) is 42.4 Å². The van der Waals surface area contributed by atoms with Crippen molar-refractivity contribution >= 4 is 0 Å². The average Bonchev–Trinajstić information content (AvgIpc) is 2.47. The van der Waals surface area contributed by atoms with Crippen molar-refractivity contribution in [1.29, 1.82) is 0 Å². The van der Waals surface area contributed by atoms with Crippen molar-refractivity contribution in [2.45, 2.75) is 64.9 Å². The summed E-state index contributed by atoms with van der Waals surface area (Å²) in [5.74, 6) is 1.63. The van der Waals surface area contributed by atoms with E-state index in [1.807, 2.05) is 26.0 Å². The minimum atomic E-state index is -0.561. The highest BCUT2D eigenvalue weighted by atomic mass is 16.5. The van der Waals surface area contributed by atoms with Crippen molar-refractivity contribution in [1.82, 2.24) is 4.98 Å². The molecule has 1 saturated carbocycles. The fraction of sp³-hybridized carbons (Fsp3) is 0.722. The standard InChI is InChI=1S/C18H29NO2/c1-4-11-18(3,20)17-8-6-5-7-15(17)13-21-16-10-9-14(2)19-12-16/h9-10,12,15,17,20H,4-8,11,13H2,1-3H3. The highest BCUT2D eigenvalue weighted by Crippen LogP contribution is 2.39. The summed E-state index contributed by atoms with van der Waals surface area (Å²) in [6.45, 7) is 6.81. The van der Waals surface area contributed by atoms with E-state index in [2.05, 4.69) is 11.9 Å². The van der Waals surface area contributed by atoms with Gasteiger partial charge in [-0.15, -0.1) is 0 Å². The Bertz CT molecular complexity index is 427. The normalized spacial score (nSPS) is 25.3. The highest BCUT2D eigenvalue weighted by molar-refractivity contribution is 5.19. The molecule has 0 aromatic carbocycles. The molecule has 1 heterocycles. The first-order valence-corrected chi connectivity index (χ1v) is 8.30. The largest absolute Gasteiger partial charge is 0.492 e. The maximum Gasteiger partial charge on any atom is 0.137 e. The van der Waals surface area contributed by atoms with Gasteiger partial charge in [0.2, 0.25) is 0 Å². The Morgan fingerprint density at radius 2 is 2.10 bits per heavy atom. The third-order valence-corrected chi connectivity index (χ3v) is 4.81. The number of hydrogen-bond donors (Lipinski definition) is 1. The lowest BCUT2D eigenvalue weighted by atomic mass is 9.69. The Kier molecular flexibility index (Phi) is 5.63. The quantitative estimate of drug-likeness (QED) is 0.857. The Hall–Kier alpha value is -1.09. The molecule has 0 spiro atoms. The zero-order valence-corrected chi connectivity index (χ0v) is 13.6. The van der Waals surface area contributed by atoms with E-state index >= 15 is 0 Å². The van der Waals surface area contributed by atoms with Gasteiger partial charge in [-0.05, 0) is 57.1 Å². The summed E-state index contributed by atoms with van der Waals surface area (Å²) >= 11 is 0. The van der Waals surface area contributed by atoms with Gasteiger partial charge in [-0.3, -0.25) is 4.98 Å². The summed E-state index contributed by atoms with van der Waals surface area (Å²) in [7, 11) is 0. The van der Waals surface area contributed by atoms with Crippen molar-refractivity contribution in [2.24, 2.45) is 11.8 Å². The van der Waals surface area contributed by atoms with Gasteiger partial charge in [-0.1, -0.05) is 26.2 Å². The summed E-state index contributed by atoms with van der Waals surface area (Å²) in [4.78, 5) is 4.27. The second kappa shape index (κ2) is 7.26. The Labute approximate surface area is 128 Å². The van der Waals surface area contributed by atoms with Gasteiger partial charge in [-0.25, -0.2) is 0 Å². The average molecular weight is 291 g/mol. The number of rotatable bonds is 6. The van der Waals surface area contributed by atoms with Crippen LogP contribution in [0.15, 0.2) is 18.3 Å². The molecule has 0 saturated heterocycles. The molecule has 0 amide bonds. The molecule has 3 nitrogen and oxygen atoms in total. The molecule has 3 unspecified atom stereocenters. The maximum atomic E-state index is 10.8. The SMILES string of the molecule is CCCC(C)(O)C1CCCCC1COc1ccc(C)nc1. The van der Waals surface area contributed by atoms with Crippen molar-refractivity contribution in [3.05, 3.63) is 24.0 Å². The molecular formula is C18H29NO2. The monoisotopic (exact) mass is 291 g/mol. The van der Waals surface area contributed by atoms with Crippen LogP contribution in [0.25, 0.3) is 0 Å². The lowest BCUT2D eigenvalue weighted by Crippen LogP contribution is -2.42. The molecule has 0 radical (unpaired) electrons. The fourth-order valence-electron chi connectivity index (χ4n) is 3.66. The smallest absolute Gasteiger partial charge is 0.137 e. The van der Waals surface area contributed by atoms with Crippen LogP contribution in [0, 0.1) is 18.8 Å². The van der Waals surface area contributed by atoms with E-state index in [1.165, 1.54) is 12.8 Å². The third kappa shape index (κ3) is 4.44. The second-order valence-electron chi connectivity index (χ2n) is 6.70. The number of ether oxygens (including phenoxy) is 1. The first-order valence-electron chi connectivity index (χ1n) is 8.30. The van der Waals surface area contributed by atoms with Crippen molar-refractivity contribution in [3.63, 3.8) is 0 Å². The first kappa shape index (κ1) is 16.3. The van der Waals surface area contributed by atoms with Crippen LogP contribution >= 0.6 is 0 Å². The van der Waals surface area contributed by atoms with Crippen LogP contribution in [0.2, 0.25) is 0 Å². The molecule has 0 bridgehead atoms. The van der Waals surface area contributed by atoms with Crippen LogP contribution < -0.4 is 4.74 Å². The molecule has 1 aromatic heterocycles. The van der Waals surface area contributed by atoms with E-state index in [4.69, 9.17) is 4.74 Å². The van der Waals surface area contributed by atoms with Crippen LogP contribution in [0.3, 0.4) is 0 Å². The molecule has 1 aliphatic rings. The van der Waals surface area contributed by atoms with Gasteiger partial charge < -0.3 is 9.84 Å². The number of pyridine rings is 1. The third-order valence-electron chi connectivity index (χ3n) is 4.81. The van der Waals surface area contributed by atoms with Gasteiger partial charge in [0, 0.05) is 5.69 Å². The van der Waals surface area contributed by atoms with E-state index in [1.54, 1.807) is 6.20 Å². The lowest BCUT2D eigenvalue weighted by Gasteiger charge is -2.41. The minimum Gasteiger partial charge on any atom is -0.492 e. The maximum absolute atomic E-state index is 10.8. The summed E-state index contributed by atoms with van der Waals surface area (Å²) in [5, 5.41) is 10.8. The predicted octanol–water partition coefficient (Wildman–Crippen LogP) is 4.13. The summed E-state index contributed by atoms with van der Waals surface area (Å²) < 4.78 is 5.93.